The molecule has 0 aliphatic rings. The minimum absolute atomic E-state index is 0.369. The lowest BCUT2D eigenvalue weighted by Gasteiger charge is -2.12. The fraction of sp³-hybridized carbons (Fsp3) is 0.278. The third-order valence-corrected chi connectivity index (χ3v) is 3.97. The van der Waals surface area contributed by atoms with Crippen molar-refractivity contribution in [3.8, 4) is 11.1 Å². The Hall–Kier alpha value is -2.09. The van der Waals surface area contributed by atoms with E-state index in [0.29, 0.717) is 11.5 Å². The van der Waals surface area contributed by atoms with E-state index in [4.69, 9.17) is 0 Å². The number of hydrogen-bond acceptors (Lipinski definition) is 1. The molecule has 2 heteroatoms. The van der Waals surface area contributed by atoms with Crippen LogP contribution in [0.3, 0.4) is 0 Å². The first kappa shape index (κ1) is 14.3. The summed E-state index contributed by atoms with van der Waals surface area (Å²) in [4.78, 5) is 11.2. The Kier molecular flexibility index (Phi) is 4.23. The Morgan fingerprint density at radius 1 is 1.15 bits per heavy atom. The molecule has 1 N–H and O–H groups in total. The summed E-state index contributed by atoms with van der Waals surface area (Å²) in [6, 6.07) is 13.8. The van der Waals surface area contributed by atoms with Crippen molar-refractivity contribution in [2.45, 2.75) is 33.1 Å². The maximum Gasteiger partial charge on any atom is 0.335 e. The molecule has 0 aromatic heterocycles. The zero-order valence-electron chi connectivity index (χ0n) is 12.2. The van der Waals surface area contributed by atoms with Gasteiger partial charge in [-0.15, -0.1) is 0 Å². The maximum atomic E-state index is 11.2. The van der Waals surface area contributed by atoms with E-state index in [9.17, 15) is 9.90 Å². The molecule has 104 valence electrons. The summed E-state index contributed by atoms with van der Waals surface area (Å²) in [5, 5.41) is 9.19. The van der Waals surface area contributed by atoms with Gasteiger partial charge < -0.3 is 5.11 Å². The molecule has 0 radical (unpaired) electrons. The van der Waals surface area contributed by atoms with Crippen LogP contribution in [0.2, 0.25) is 0 Å². The molecule has 0 fully saturated rings. The van der Waals surface area contributed by atoms with Crippen LogP contribution < -0.4 is 0 Å². The summed E-state index contributed by atoms with van der Waals surface area (Å²) in [6.45, 7) is 6.26. The van der Waals surface area contributed by atoms with E-state index >= 15 is 0 Å². The third kappa shape index (κ3) is 2.74. The highest BCUT2D eigenvalue weighted by atomic mass is 16.4. The van der Waals surface area contributed by atoms with E-state index in [1.807, 2.05) is 13.0 Å². The van der Waals surface area contributed by atoms with Crippen molar-refractivity contribution >= 4 is 5.97 Å². The Labute approximate surface area is 120 Å². The SMILES string of the molecule is CCC(C)c1ccc(-c2cccc(C(=O)O)c2C)cc1. The molecule has 2 rings (SSSR count). The van der Waals surface area contributed by atoms with Crippen molar-refractivity contribution in [1.29, 1.82) is 0 Å². The molecule has 1 atom stereocenters. The summed E-state index contributed by atoms with van der Waals surface area (Å²) < 4.78 is 0. The smallest absolute Gasteiger partial charge is 0.335 e. The number of rotatable bonds is 4. The van der Waals surface area contributed by atoms with Gasteiger partial charge in [0.15, 0.2) is 0 Å². The van der Waals surface area contributed by atoms with Crippen molar-refractivity contribution in [3.63, 3.8) is 0 Å². The van der Waals surface area contributed by atoms with E-state index in [1.165, 1.54) is 5.56 Å². The van der Waals surface area contributed by atoms with Crippen LogP contribution in [0.25, 0.3) is 11.1 Å². The molecular formula is C18H20O2. The zero-order chi connectivity index (χ0) is 14.7. The molecule has 0 heterocycles. The zero-order valence-corrected chi connectivity index (χ0v) is 12.2. The van der Waals surface area contributed by atoms with Crippen molar-refractivity contribution in [2.24, 2.45) is 0 Å². The fourth-order valence-electron chi connectivity index (χ4n) is 2.41. The van der Waals surface area contributed by atoms with Crippen LogP contribution in [0, 0.1) is 6.92 Å². The normalized spacial score (nSPS) is 12.2. The highest BCUT2D eigenvalue weighted by molar-refractivity contribution is 5.92. The number of aromatic carboxylic acids is 1. The molecule has 0 spiro atoms. The van der Waals surface area contributed by atoms with Crippen molar-refractivity contribution < 1.29 is 9.90 Å². The average molecular weight is 268 g/mol. The Bertz CT molecular complexity index is 612. The van der Waals surface area contributed by atoms with E-state index in [2.05, 4.69) is 38.1 Å². The molecule has 0 aliphatic carbocycles. The fourth-order valence-corrected chi connectivity index (χ4v) is 2.41. The van der Waals surface area contributed by atoms with Gasteiger partial charge in [-0.25, -0.2) is 4.79 Å². The van der Waals surface area contributed by atoms with Gasteiger partial charge in [-0.1, -0.05) is 50.2 Å². The second-order valence-electron chi connectivity index (χ2n) is 5.21. The van der Waals surface area contributed by atoms with Crippen molar-refractivity contribution in [1.82, 2.24) is 0 Å². The van der Waals surface area contributed by atoms with Crippen LogP contribution in [0.15, 0.2) is 42.5 Å². The summed E-state index contributed by atoms with van der Waals surface area (Å²) in [5.74, 6) is -0.323. The van der Waals surface area contributed by atoms with E-state index in [0.717, 1.165) is 23.1 Å². The number of carboxylic acid groups (broad SMARTS) is 1. The molecule has 0 amide bonds. The van der Waals surface area contributed by atoms with E-state index in [-0.39, 0.29) is 0 Å². The quantitative estimate of drug-likeness (QED) is 0.858. The van der Waals surface area contributed by atoms with Gasteiger partial charge in [0.2, 0.25) is 0 Å². The predicted octanol–water partition coefficient (Wildman–Crippen LogP) is 4.87. The highest BCUT2D eigenvalue weighted by Gasteiger charge is 2.11. The van der Waals surface area contributed by atoms with Gasteiger partial charge in [-0.3, -0.25) is 0 Å². The van der Waals surface area contributed by atoms with Crippen LogP contribution in [0.4, 0.5) is 0 Å². The minimum atomic E-state index is -0.874. The van der Waals surface area contributed by atoms with Gasteiger partial charge >= 0.3 is 5.97 Å². The van der Waals surface area contributed by atoms with Crippen LogP contribution in [0.1, 0.15) is 47.7 Å². The molecular weight excluding hydrogens is 248 g/mol. The van der Waals surface area contributed by atoms with Crippen LogP contribution in [0.5, 0.6) is 0 Å². The molecule has 2 nitrogen and oxygen atoms in total. The first-order chi connectivity index (χ1) is 9.54. The molecule has 0 bridgehead atoms. The van der Waals surface area contributed by atoms with Crippen LogP contribution >= 0.6 is 0 Å². The lowest BCUT2D eigenvalue weighted by atomic mass is 9.93. The lowest BCUT2D eigenvalue weighted by molar-refractivity contribution is 0.0696. The molecule has 0 saturated heterocycles. The monoisotopic (exact) mass is 268 g/mol. The van der Waals surface area contributed by atoms with Gasteiger partial charge in [-0.05, 0) is 47.6 Å². The second kappa shape index (κ2) is 5.91. The second-order valence-corrected chi connectivity index (χ2v) is 5.21. The van der Waals surface area contributed by atoms with Crippen LogP contribution in [-0.4, -0.2) is 11.1 Å². The molecule has 2 aromatic rings. The number of carboxylic acids is 1. The molecule has 20 heavy (non-hydrogen) atoms. The molecule has 0 saturated carbocycles. The Balaban J connectivity index is 2.42. The standard InChI is InChI=1S/C18H20O2/c1-4-12(2)14-8-10-15(11-9-14)16-6-5-7-17(13(16)3)18(19)20/h5-12H,4H2,1-3H3,(H,19,20). The van der Waals surface area contributed by atoms with Crippen molar-refractivity contribution in [2.75, 3.05) is 0 Å². The Morgan fingerprint density at radius 2 is 1.80 bits per heavy atom. The predicted molar refractivity (Wildman–Crippen MR) is 82.3 cm³/mol. The number of benzene rings is 2. The molecule has 1 unspecified atom stereocenters. The largest absolute Gasteiger partial charge is 0.478 e. The van der Waals surface area contributed by atoms with Gasteiger partial charge in [0, 0.05) is 0 Å². The first-order valence-electron chi connectivity index (χ1n) is 6.97. The van der Waals surface area contributed by atoms with E-state index < -0.39 is 5.97 Å². The third-order valence-electron chi connectivity index (χ3n) is 3.97. The van der Waals surface area contributed by atoms with Gasteiger partial charge in [-0.2, -0.15) is 0 Å². The highest BCUT2D eigenvalue weighted by Crippen LogP contribution is 2.28. The average Bonchev–Trinajstić information content (AvgIpc) is 2.46. The topological polar surface area (TPSA) is 37.3 Å². The first-order valence-corrected chi connectivity index (χ1v) is 6.97. The maximum absolute atomic E-state index is 11.2. The number of carbonyl (C=O) groups is 1. The molecule has 2 aromatic carbocycles. The number of hydrogen-bond donors (Lipinski definition) is 1. The van der Waals surface area contributed by atoms with E-state index in [1.54, 1.807) is 12.1 Å². The summed E-state index contributed by atoms with van der Waals surface area (Å²) in [5.41, 5.74) is 4.56. The van der Waals surface area contributed by atoms with Crippen molar-refractivity contribution in [3.05, 3.63) is 59.2 Å². The molecule has 0 aliphatic heterocycles. The van der Waals surface area contributed by atoms with Gasteiger partial charge in [0.1, 0.15) is 0 Å². The summed E-state index contributed by atoms with van der Waals surface area (Å²) in [6.07, 6.45) is 1.12. The van der Waals surface area contributed by atoms with Crippen LogP contribution in [-0.2, 0) is 0 Å². The van der Waals surface area contributed by atoms with Gasteiger partial charge in [0.25, 0.3) is 0 Å². The Morgan fingerprint density at radius 3 is 2.35 bits per heavy atom. The lowest BCUT2D eigenvalue weighted by Crippen LogP contribution is -2.00. The summed E-state index contributed by atoms with van der Waals surface area (Å²) in [7, 11) is 0. The van der Waals surface area contributed by atoms with Gasteiger partial charge in [0.05, 0.1) is 5.56 Å². The summed E-state index contributed by atoms with van der Waals surface area (Å²) >= 11 is 0. The minimum Gasteiger partial charge on any atom is -0.478 e.